The summed E-state index contributed by atoms with van der Waals surface area (Å²) < 4.78 is 11.1. The Bertz CT molecular complexity index is 749. The summed E-state index contributed by atoms with van der Waals surface area (Å²) in [5.74, 6) is 0.268. The molecule has 6 nitrogen and oxygen atoms in total. The standard InChI is InChI=1S/C23H35NO5/c1-15(2)9-10-19(26)22(3)21-20(29-5)18(25)11-12-23(21,27)14-24(22)16-7-6-8-17(13-16)28-4/h6-9,13,18-21,25-27H,10-12,14H2,1-5H3/t18-,19-,20-,21-,22-,23+/m1/s1. The number of aliphatic hydroxyl groups is 3. The number of β-amino-alcohol motifs (C(OH)–C–C–N with tert-alkyl or cyclic N) is 1. The van der Waals surface area contributed by atoms with Gasteiger partial charge in [0.2, 0.25) is 0 Å². The molecule has 1 saturated heterocycles. The first-order valence-electron chi connectivity index (χ1n) is 10.3. The van der Waals surface area contributed by atoms with Crippen LogP contribution in [-0.2, 0) is 4.74 Å². The van der Waals surface area contributed by atoms with Crippen molar-refractivity contribution in [3.63, 3.8) is 0 Å². The first-order valence-corrected chi connectivity index (χ1v) is 10.3. The Morgan fingerprint density at radius 3 is 2.69 bits per heavy atom. The topological polar surface area (TPSA) is 82.4 Å². The maximum absolute atomic E-state index is 11.7. The highest BCUT2D eigenvalue weighted by Crippen LogP contribution is 2.53. The van der Waals surface area contributed by atoms with Crippen LogP contribution in [0.3, 0.4) is 0 Å². The smallest absolute Gasteiger partial charge is 0.120 e. The minimum Gasteiger partial charge on any atom is -0.497 e. The van der Waals surface area contributed by atoms with E-state index in [4.69, 9.17) is 9.47 Å². The van der Waals surface area contributed by atoms with Crippen LogP contribution in [0, 0.1) is 5.92 Å². The van der Waals surface area contributed by atoms with Crippen LogP contribution >= 0.6 is 0 Å². The summed E-state index contributed by atoms with van der Waals surface area (Å²) in [6.45, 7) is 6.34. The van der Waals surface area contributed by atoms with E-state index in [1.54, 1.807) is 14.2 Å². The van der Waals surface area contributed by atoms with Crippen molar-refractivity contribution in [3.8, 4) is 5.75 Å². The molecule has 0 radical (unpaired) electrons. The molecule has 0 aromatic heterocycles. The van der Waals surface area contributed by atoms with Crippen molar-refractivity contribution in [2.45, 2.75) is 69.5 Å². The summed E-state index contributed by atoms with van der Waals surface area (Å²) in [7, 11) is 3.19. The Balaban J connectivity index is 2.12. The molecule has 162 valence electrons. The molecule has 0 amide bonds. The molecule has 1 aromatic carbocycles. The largest absolute Gasteiger partial charge is 0.497 e. The first-order chi connectivity index (χ1) is 13.7. The molecule has 6 heteroatoms. The maximum Gasteiger partial charge on any atom is 0.120 e. The fraction of sp³-hybridized carbons (Fsp3) is 0.652. The Hall–Kier alpha value is -1.60. The second kappa shape index (κ2) is 8.26. The number of ether oxygens (including phenoxy) is 2. The quantitative estimate of drug-likeness (QED) is 0.631. The van der Waals surface area contributed by atoms with Crippen molar-refractivity contribution >= 4 is 5.69 Å². The van der Waals surface area contributed by atoms with Gasteiger partial charge < -0.3 is 29.7 Å². The van der Waals surface area contributed by atoms with Crippen LogP contribution in [0.25, 0.3) is 0 Å². The monoisotopic (exact) mass is 405 g/mol. The SMILES string of the molecule is COc1cccc(N2C[C@@]3(O)CC[C@@H](O)[C@@H](OC)[C@@H]3[C@@]2(C)[C@H](O)CC=C(C)C)c1. The van der Waals surface area contributed by atoms with Gasteiger partial charge in [-0.1, -0.05) is 17.7 Å². The number of hydrogen-bond acceptors (Lipinski definition) is 6. The molecular weight excluding hydrogens is 370 g/mol. The van der Waals surface area contributed by atoms with Gasteiger partial charge >= 0.3 is 0 Å². The molecule has 1 aromatic rings. The summed E-state index contributed by atoms with van der Waals surface area (Å²) >= 11 is 0. The third-order valence-electron chi connectivity index (χ3n) is 6.86. The van der Waals surface area contributed by atoms with Gasteiger partial charge in [0, 0.05) is 31.3 Å². The second-order valence-electron chi connectivity index (χ2n) is 8.93. The first kappa shape index (κ1) is 22.1. The van der Waals surface area contributed by atoms with E-state index in [2.05, 4.69) is 4.90 Å². The van der Waals surface area contributed by atoms with Gasteiger partial charge in [0.05, 0.1) is 36.6 Å². The molecule has 1 aliphatic carbocycles. The zero-order chi connectivity index (χ0) is 21.4. The summed E-state index contributed by atoms with van der Waals surface area (Å²) in [6, 6.07) is 7.67. The maximum atomic E-state index is 11.7. The van der Waals surface area contributed by atoms with Crippen LogP contribution in [0.4, 0.5) is 5.69 Å². The van der Waals surface area contributed by atoms with Crippen LogP contribution in [0.1, 0.15) is 40.0 Å². The van der Waals surface area contributed by atoms with Gasteiger partial charge in [0.1, 0.15) is 5.75 Å². The number of hydrogen-bond donors (Lipinski definition) is 3. The van der Waals surface area contributed by atoms with Crippen LogP contribution in [0.5, 0.6) is 5.75 Å². The molecule has 2 aliphatic rings. The minimum absolute atomic E-state index is 0.361. The normalized spacial score (nSPS) is 35.2. The number of anilines is 1. The fourth-order valence-electron chi connectivity index (χ4n) is 5.33. The predicted molar refractivity (Wildman–Crippen MR) is 113 cm³/mol. The van der Waals surface area contributed by atoms with Gasteiger partial charge in [-0.25, -0.2) is 0 Å². The number of methoxy groups -OCH3 is 2. The van der Waals surface area contributed by atoms with Gasteiger partial charge in [0.25, 0.3) is 0 Å². The molecule has 0 bridgehead atoms. The molecule has 6 atom stereocenters. The lowest BCUT2D eigenvalue weighted by Gasteiger charge is -2.50. The summed E-state index contributed by atoms with van der Waals surface area (Å²) in [5, 5.41) is 33.7. The van der Waals surface area contributed by atoms with Crippen molar-refractivity contribution in [2.24, 2.45) is 5.92 Å². The van der Waals surface area contributed by atoms with E-state index in [9.17, 15) is 15.3 Å². The van der Waals surface area contributed by atoms with E-state index in [1.807, 2.05) is 51.1 Å². The zero-order valence-corrected chi connectivity index (χ0v) is 18.1. The van der Waals surface area contributed by atoms with E-state index in [0.717, 1.165) is 11.3 Å². The van der Waals surface area contributed by atoms with E-state index < -0.39 is 35.4 Å². The molecule has 1 saturated carbocycles. The van der Waals surface area contributed by atoms with Crippen molar-refractivity contribution in [3.05, 3.63) is 35.9 Å². The molecule has 0 unspecified atom stereocenters. The van der Waals surface area contributed by atoms with Crippen LogP contribution in [0.2, 0.25) is 0 Å². The van der Waals surface area contributed by atoms with Crippen LogP contribution in [0.15, 0.2) is 35.9 Å². The Morgan fingerprint density at radius 1 is 1.34 bits per heavy atom. The van der Waals surface area contributed by atoms with Gasteiger partial charge in [-0.3, -0.25) is 0 Å². The lowest BCUT2D eigenvalue weighted by Crippen LogP contribution is -2.63. The van der Waals surface area contributed by atoms with Crippen LogP contribution in [-0.4, -0.2) is 65.5 Å². The highest BCUT2D eigenvalue weighted by atomic mass is 16.5. The third-order valence-corrected chi connectivity index (χ3v) is 6.86. The molecule has 1 aliphatic heterocycles. The van der Waals surface area contributed by atoms with E-state index >= 15 is 0 Å². The van der Waals surface area contributed by atoms with E-state index in [-0.39, 0.29) is 0 Å². The molecule has 3 rings (SSSR count). The number of nitrogens with zero attached hydrogens (tertiary/aromatic N) is 1. The zero-order valence-electron chi connectivity index (χ0n) is 18.1. The Morgan fingerprint density at radius 2 is 2.07 bits per heavy atom. The van der Waals surface area contributed by atoms with Gasteiger partial charge in [-0.15, -0.1) is 0 Å². The average Bonchev–Trinajstić information content (AvgIpc) is 2.95. The number of allylic oxidation sites excluding steroid dienone is 1. The fourth-order valence-corrected chi connectivity index (χ4v) is 5.33. The average molecular weight is 406 g/mol. The van der Waals surface area contributed by atoms with Gasteiger partial charge in [-0.2, -0.15) is 0 Å². The second-order valence-corrected chi connectivity index (χ2v) is 8.93. The van der Waals surface area contributed by atoms with Crippen molar-refractivity contribution in [1.82, 2.24) is 0 Å². The van der Waals surface area contributed by atoms with Crippen molar-refractivity contribution in [2.75, 3.05) is 25.7 Å². The molecule has 29 heavy (non-hydrogen) atoms. The molecular formula is C23H35NO5. The molecule has 0 spiro atoms. The van der Waals surface area contributed by atoms with E-state index in [1.165, 1.54) is 0 Å². The van der Waals surface area contributed by atoms with Crippen LogP contribution < -0.4 is 9.64 Å². The van der Waals surface area contributed by atoms with Gasteiger partial charge in [-0.05, 0) is 52.2 Å². The van der Waals surface area contributed by atoms with Crippen molar-refractivity contribution in [1.29, 1.82) is 0 Å². The molecule has 1 heterocycles. The lowest BCUT2D eigenvalue weighted by molar-refractivity contribution is -0.164. The summed E-state index contributed by atoms with van der Waals surface area (Å²) in [6.07, 6.45) is 1.41. The summed E-state index contributed by atoms with van der Waals surface area (Å²) in [4.78, 5) is 2.08. The molecule has 2 fully saturated rings. The number of fused-ring (bicyclic) bond motifs is 1. The Kier molecular flexibility index (Phi) is 6.30. The lowest BCUT2D eigenvalue weighted by atomic mass is 9.65. The Labute approximate surface area is 173 Å². The van der Waals surface area contributed by atoms with Crippen molar-refractivity contribution < 1.29 is 24.8 Å². The number of aliphatic hydroxyl groups excluding tert-OH is 2. The number of benzene rings is 1. The highest BCUT2D eigenvalue weighted by Gasteiger charge is 2.66. The van der Waals surface area contributed by atoms with E-state index in [0.29, 0.717) is 31.6 Å². The summed E-state index contributed by atoms with van der Waals surface area (Å²) in [5.41, 5.74) is 0.0924. The minimum atomic E-state index is -1.07. The third kappa shape index (κ3) is 3.79. The highest BCUT2D eigenvalue weighted by molar-refractivity contribution is 5.56. The number of rotatable bonds is 6. The predicted octanol–water partition coefficient (Wildman–Crippen LogP) is 2.51. The van der Waals surface area contributed by atoms with Gasteiger partial charge in [0.15, 0.2) is 0 Å². The molecule has 3 N–H and O–H groups in total.